The molecule has 0 radical (unpaired) electrons. The lowest BCUT2D eigenvalue weighted by Gasteiger charge is -2.30. The molecule has 170 valence electrons. The van der Waals surface area contributed by atoms with Gasteiger partial charge in [-0.3, -0.25) is 9.10 Å². The van der Waals surface area contributed by atoms with E-state index in [9.17, 15) is 26.8 Å². The smallest absolute Gasteiger partial charge is 0.338 e. The lowest BCUT2D eigenvalue weighted by Crippen LogP contribution is -2.38. The van der Waals surface area contributed by atoms with E-state index in [1.54, 1.807) is 0 Å². The Labute approximate surface area is 187 Å². The first kappa shape index (κ1) is 22.2. The van der Waals surface area contributed by atoms with Crippen molar-refractivity contribution in [3.8, 4) is 5.75 Å². The van der Waals surface area contributed by atoms with Crippen LogP contribution in [0.15, 0.2) is 65.6 Å². The van der Waals surface area contributed by atoms with Gasteiger partial charge in [0, 0.05) is 11.3 Å². The number of benzene rings is 3. The molecule has 0 aromatic heterocycles. The van der Waals surface area contributed by atoms with Crippen molar-refractivity contribution < 1.29 is 36.6 Å². The number of ether oxygens (including phenoxy) is 1. The van der Waals surface area contributed by atoms with E-state index in [0.717, 1.165) is 28.6 Å². The fourth-order valence-corrected chi connectivity index (χ4v) is 4.79. The zero-order valence-corrected chi connectivity index (χ0v) is 17.6. The maximum absolute atomic E-state index is 13.9. The van der Waals surface area contributed by atoms with Gasteiger partial charge in [0.2, 0.25) is 0 Å². The minimum atomic E-state index is -4.14. The van der Waals surface area contributed by atoms with Crippen LogP contribution in [0.25, 0.3) is 0 Å². The quantitative estimate of drug-likeness (QED) is 0.585. The van der Waals surface area contributed by atoms with Gasteiger partial charge >= 0.3 is 5.97 Å². The maximum atomic E-state index is 13.9. The Hall–Kier alpha value is -3.99. The van der Waals surface area contributed by atoms with E-state index in [2.05, 4.69) is 5.32 Å². The summed E-state index contributed by atoms with van der Waals surface area (Å²) in [7, 11) is -4.14. The Morgan fingerprint density at radius 1 is 1.03 bits per heavy atom. The summed E-state index contributed by atoms with van der Waals surface area (Å²) in [5.74, 6) is -3.64. The molecular formula is C22H16F2N2O6S. The van der Waals surface area contributed by atoms with Gasteiger partial charge in [-0.1, -0.05) is 6.07 Å². The summed E-state index contributed by atoms with van der Waals surface area (Å²) < 4.78 is 60.3. The highest BCUT2D eigenvalue weighted by atomic mass is 32.2. The van der Waals surface area contributed by atoms with E-state index in [-0.39, 0.29) is 40.7 Å². The molecule has 0 atom stereocenters. The molecule has 1 aliphatic heterocycles. The van der Waals surface area contributed by atoms with Crippen LogP contribution in [0.5, 0.6) is 5.75 Å². The summed E-state index contributed by atoms with van der Waals surface area (Å²) >= 11 is 0. The van der Waals surface area contributed by atoms with Crippen LogP contribution in [0, 0.1) is 11.6 Å². The minimum Gasteiger partial charge on any atom is -0.489 e. The van der Waals surface area contributed by atoms with Gasteiger partial charge in [0.15, 0.2) is 0 Å². The summed E-state index contributed by atoms with van der Waals surface area (Å²) in [5.41, 5.74) is -0.398. The van der Waals surface area contributed by atoms with E-state index in [4.69, 9.17) is 9.84 Å². The number of amides is 1. The van der Waals surface area contributed by atoms with E-state index in [0.29, 0.717) is 0 Å². The van der Waals surface area contributed by atoms with Gasteiger partial charge in [0.25, 0.3) is 15.9 Å². The Balaban J connectivity index is 1.65. The van der Waals surface area contributed by atoms with Gasteiger partial charge in [-0.25, -0.2) is 22.0 Å². The second-order valence-corrected chi connectivity index (χ2v) is 8.88. The number of halogens is 2. The monoisotopic (exact) mass is 474 g/mol. The number of anilines is 2. The standard InChI is InChI=1S/C22H16F2N2O6S/c23-14-2-1-3-16(11-14)33(30,31)26-8-9-32-20-7-4-13(10-19(20)26)21(27)25-15-5-6-17(22(28)29)18(24)12-15/h1-7,10-12H,8-9H2,(H,25,27)(H,28,29). The molecule has 0 spiro atoms. The molecule has 1 aliphatic rings. The number of carboxylic acid groups (broad SMARTS) is 1. The predicted octanol–water partition coefficient (Wildman–Crippen LogP) is 3.50. The molecule has 11 heteroatoms. The molecule has 3 aromatic carbocycles. The number of aromatic carboxylic acids is 1. The maximum Gasteiger partial charge on any atom is 0.338 e. The van der Waals surface area contributed by atoms with Crippen molar-refractivity contribution in [1.82, 2.24) is 0 Å². The van der Waals surface area contributed by atoms with Crippen molar-refractivity contribution in [2.45, 2.75) is 4.90 Å². The van der Waals surface area contributed by atoms with Gasteiger partial charge in [-0.15, -0.1) is 0 Å². The van der Waals surface area contributed by atoms with E-state index < -0.39 is 39.1 Å². The molecule has 0 saturated heterocycles. The first-order chi connectivity index (χ1) is 15.7. The highest BCUT2D eigenvalue weighted by molar-refractivity contribution is 7.92. The number of nitrogens with one attached hydrogen (secondary N) is 1. The molecule has 0 aliphatic carbocycles. The van der Waals surface area contributed by atoms with Crippen molar-refractivity contribution in [3.63, 3.8) is 0 Å². The highest BCUT2D eigenvalue weighted by Gasteiger charge is 2.31. The van der Waals surface area contributed by atoms with Crippen molar-refractivity contribution in [3.05, 3.63) is 83.4 Å². The van der Waals surface area contributed by atoms with Crippen LogP contribution in [-0.2, 0) is 10.0 Å². The van der Waals surface area contributed by atoms with E-state index >= 15 is 0 Å². The first-order valence-electron chi connectivity index (χ1n) is 9.56. The fraction of sp³-hybridized carbons (Fsp3) is 0.0909. The van der Waals surface area contributed by atoms with Crippen molar-refractivity contribution in [2.75, 3.05) is 22.8 Å². The number of hydrogen-bond acceptors (Lipinski definition) is 5. The van der Waals surface area contributed by atoms with E-state index in [1.807, 2.05) is 0 Å². The number of hydrogen-bond donors (Lipinski definition) is 2. The normalized spacial score (nSPS) is 13.1. The Morgan fingerprint density at radius 3 is 2.52 bits per heavy atom. The van der Waals surface area contributed by atoms with Gasteiger partial charge in [-0.05, 0) is 54.6 Å². The lowest BCUT2D eigenvalue weighted by molar-refractivity contribution is 0.0691. The van der Waals surface area contributed by atoms with Gasteiger partial charge in [0.1, 0.15) is 24.0 Å². The molecule has 2 N–H and O–H groups in total. The van der Waals surface area contributed by atoms with Crippen LogP contribution in [0.4, 0.5) is 20.2 Å². The Morgan fingerprint density at radius 2 is 1.82 bits per heavy atom. The zero-order chi connectivity index (χ0) is 23.8. The summed E-state index contributed by atoms with van der Waals surface area (Å²) in [6.45, 7) is 0.00106. The molecule has 1 heterocycles. The topological polar surface area (TPSA) is 113 Å². The minimum absolute atomic E-state index is 0.0145. The number of sulfonamides is 1. The third-order valence-corrected chi connectivity index (χ3v) is 6.69. The van der Waals surface area contributed by atoms with Crippen LogP contribution in [0.3, 0.4) is 0 Å². The number of carboxylic acids is 1. The van der Waals surface area contributed by atoms with Crippen LogP contribution in [0.2, 0.25) is 0 Å². The third-order valence-electron chi connectivity index (χ3n) is 4.88. The largest absolute Gasteiger partial charge is 0.489 e. The first-order valence-corrected chi connectivity index (χ1v) is 11.0. The molecule has 0 unspecified atom stereocenters. The summed E-state index contributed by atoms with van der Waals surface area (Å²) in [5, 5.41) is 11.3. The van der Waals surface area contributed by atoms with Gasteiger partial charge in [0.05, 0.1) is 22.7 Å². The molecule has 4 rings (SSSR count). The summed E-state index contributed by atoms with van der Waals surface area (Å²) in [6.07, 6.45) is 0. The van der Waals surface area contributed by atoms with Crippen LogP contribution >= 0.6 is 0 Å². The van der Waals surface area contributed by atoms with Gasteiger partial charge in [-0.2, -0.15) is 0 Å². The number of carbonyl (C=O) groups excluding carboxylic acids is 1. The molecular weight excluding hydrogens is 458 g/mol. The van der Waals surface area contributed by atoms with Crippen molar-refractivity contribution >= 4 is 33.3 Å². The number of carbonyl (C=O) groups is 2. The Kier molecular flexibility index (Phi) is 5.73. The number of fused-ring (bicyclic) bond motifs is 1. The van der Waals surface area contributed by atoms with Crippen molar-refractivity contribution in [1.29, 1.82) is 0 Å². The number of nitrogens with zero attached hydrogens (tertiary/aromatic N) is 1. The predicted molar refractivity (Wildman–Crippen MR) is 114 cm³/mol. The average Bonchev–Trinajstić information content (AvgIpc) is 2.78. The summed E-state index contributed by atoms with van der Waals surface area (Å²) in [6, 6.07) is 11.8. The van der Waals surface area contributed by atoms with Crippen LogP contribution in [-0.4, -0.2) is 38.6 Å². The number of rotatable bonds is 5. The molecule has 0 saturated carbocycles. The SMILES string of the molecule is O=C(Nc1ccc(C(=O)O)c(F)c1)c1ccc2c(c1)N(S(=O)(=O)c1cccc(F)c1)CCO2. The third kappa shape index (κ3) is 4.35. The molecule has 3 aromatic rings. The van der Waals surface area contributed by atoms with Gasteiger partial charge < -0.3 is 15.2 Å². The summed E-state index contributed by atoms with van der Waals surface area (Å²) in [4.78, 5) is 23.4. The lowest BCUT2D eigenvalue weighted by atomic mass is 10.1. The van der Waals surface area contributed by atoms with Crippen LogP contribution in [0.1, 0.15) is 20.7 Å². The Bertz CT molecular complexity index is 1380. The molecule has 0 bridgehead atoms. The zero-order valence-electron chi connectivity index (χ0n) is 16.8. The molecule has 8 nitrogen and oxygen atoms in total. The molecule has 1 amide bonds. The highest BCUT2D eigenvalue weighted by Crippen LogP contribution is 2.36. The van der Waals surface area contributed by atoms with E-state index in [1.165, 1.54) is 36.4 Å². The second kappa shape index (κ2) is 8.51. The second-order valence-electron chi connectivity index (χ2n) is 7.02. The molecule has 0 fully saturated rings. The van der Waals surface area contributed by atoms with Crippen LogP contribution < -0.4 is 14.4 Å². The fourth-order valence-electron chi connectivity index (χ4n) is 3.31. The molecule has 33 heavy (non-hydrogen) atoms. The average molecular weight is 474 g/mol. The van der Waals surface area contributed by atoms with Crippen molar-refractivity contribution in [2.24, 2.45) is 0 Å².